The van der Waals surface area contributed by atoms with Gasteiger partial charge in [-0.1, -0.05) is 6.58 Å². The quantitative estimate of drug-likeness (QED) is 0.624. The van der Waals surface area contributed by atoms with Gasteiger partial charge in [-0.2, -0.15) is 0 Å². The number of benzene rings is 1. The third kappa shape index (κ3) is 2.39. The van der Waals surface area contributed by atoms with Crippen molar-refractivity contribution in [2.24, 2.45) is 0 Å². The van der Waals surface area contributed by atoms with Gasteiger partial charge in [0.05, 0.1) is 18.7 Å². The maximum absolute atomic E-state index is 11.4. The number of halogens is 1. The number of ether oxygens (including phenoxy) is 2. The fourth-order valence-corrected chi connectivity index (χ4v) is 1.78. The zero-order valence-electron chi connectivity index (χ0n) is 8.54. The van der Waals surface area contributed by atoms with E-state index in [4.69, 9.17) is 9.47 Å². The molecule has 0 aliphatic carbocycles. The van der Waals surface area contributed by atoms with Crippen LogP contribution >= 0.6 is 15.9 Å². The first-order valence-electron chi connectivity index (χ1n) is 4.22. The van der Waals surface area contributed by atoms with Crippen LogP contribution in [0, 0.1) is 0 Å². The van der Waals surface area contributed by atoms with Crippen molar-refractivity contribution < 1.29 is 14.3 Å². The summed E-state index contributed by atoms with van der Waals surface area (Å²) in [6.45, 7) is 3.43. The highest BCUT2D eigenvalue weighted by molar-refractivity contribution is 9.10. The second kappa shape index (κ2) is 4.98. The lowest BCUT2D eigenvalue weighted by Gasteiger charge is -2.10. The van der Waals surface area contributed by atoms with Gasteiger partial charge in [0, 0.05) is 5.56 Å². The Morgan fingerprint density at radius 1 is 1.40 bits per heavy atom. The van der Waals surface area contributed by atoms with Crippen LogP contribution in [0.4, 0.5) is 0 Å². The lowest BCUT2D eigenvalue weighted by atomic mass is 10.1. The summed E-state index contributed by atoms with van der Waals surface area (Å²) in [5, 5.41) is 0. The van der Waals surface area contributed by atoms with Crippen molar-refractivity contribution in [2.75, 3.05) is 14.2 Å². The molecule has 0 heterocycles. The molecule has 0 bridgehead atoms. The highest BCUT2D eigenvalue weighted by atomic mass is 79.9. The number of hydrogen-bond donors (Lipinski definition) is 0. The third-order valence-corrected chi connectivity index (χ3v) is 2.49. The van der Waals surface area contributed by atoms with Crippen LogP contribution in [0.25, 0.3) is 0 Å². The van der Waals surface area contributed by atoms with E-state index in [0.29, 0.717) is 21.5 Å². The van der Waals surface area contributed by atoms with E-state index in [-0.39, 0.29) is 5.78 Å². The highest BCUT2D eigenvalue weighted by Crippen LogP contribution is 2.36. The second-order valence-corrected chi connectivity index (χ2v) is 3.62. The molecule has 15 heavy (non-hydrogen) atoms. The SMILES string of the molecule is C=CC(=O)c1cc(Br)c(OC)c(OC)c1. The van der Waals surface area contributed by atoms with Gasteiger partial charge in [-0.3, -0.25) is 4.79 Å². The van der Waals surface area contributed by atoms with Gasteiger partial charge in [0.1, 0.15) is 0 Å². The van der Waals surface area contributed by atoms with Crippen molar-refractivity contribution in [1.82, 2.24) is 0 Å². The van der Waals surface area contributed by atoms with Crippen molar-refractivity contribution in [3.63, 3.8) is 0 Å². The molecule has 0 aromatic heterocycles. The summed E-state index contributed by atoms with van der Waals surface area (Å²) >= 11 is 3.30. The Morgan fingerprint density at radius 3 is 2.53 bits per heavy atom. The lowest BCUT2D eigenvalue weighted by molar-refractivity contribution is 0.104. The molecule has 0 aliphatic heterocycles. The van der Waals surface area contributed by atoms with Gasteiger partial charge in [0.25, 0.3) is 0 Å². The van der Waals surface area contributed by atoms with Crippen LogP contribution in [-0.2, 0) is 0 Å². The van der Waals surface area contributed by atoms with Gasteiger partial charge < -0.3 is 9.47 Å². The molecule has 0 amide bonds. The van der Waals surface area contributed by atoms with E-state index >= 15 is 0 Å². The molecule has 1 aromatic rings. The molecule has 0 atom stereocenters. The number of ketones is 1. The minimum atomic E-state index is -0.156. The van der Waals surface area contributed by atoms with E-state index in [1.807, 2.05) is 0 Å². The monoisotopic (exact) mass is 270 g/mol. The first-order valence-corrected chi connectivity index (χ1v) is 5.01. The summed E-state index contributed by atoms with van der Waals surface area (Å²) in [5.41, 5.74) is 0.509. The summed E-state index contributed by atoms with van der Waals surface area (Å²) in [6, 6.07) is 3.29. The molecule has 4 heteroatoms. The standard InChI is InChI=1S/C11H11BrO3/c1-4-9(13)7-5-8(12)11(15-3)10(6-7)14-2/h4-6H,1H2,2-3H3. The zero-order valence-corrected chi connectivity index (χ0v) is 10.1. The minimum Gasteiger partial charge on any atom is -0.493 e. The van der Waals surface area contributed by atoms with Crippen molar-refractivity contribution in [3.8, 4) is 11.5 Å². The van der Waals surface area contributed by atoms with E-state index in [1.54, 1.807) is 12.1 Å². The molecule has 0 N–H and O–H groups in total. The average Bonchev–Trinajstić information content (AvgIpc) is 2.26. The second-order valence-electron chi connectivity index (χ2n) is 2.76. The van der Waals surface area contributed by atoms with Crippen LogP contribution in [-0.4, -0.2) is 20.0 Å². The van der Waals surface area contributed by atoms with Gasteiger partial charge in [-0.25, -0.2) is 0 Å². The first kappa shape index (κ1) is 11.8. The van der Waals surface area contributed by atoms with Gasteiger partial charge >= 0.3 is 0 Å². The first-order chi connectivity index (χ1) is 7.13. The van der Waals surface area contributed by atoms with Crippen LogP contribution < -0.4 is 9.47 Å². The van der Waals surface area contributed by atoms with Crippen LogP contribution in [0.2, 0.25) is 0 Å². The molecule has 3 nitrogen and oxygen atoms in total. The van der Waals surface area contributed by atoms with Crippen LogP contribution in [0.15, 0.2) is 29.3 Å². The van der Waals surface area contributed by atoms with E-state index in [0.717, 1.165) is 0 Å². The van der Waals surface area contributed by atoms with E-state index < -0.39 is 0 Å². The average molecular weight is 271 g/mol. The molecule has 0 radical (unpaired) electrons. The molecule has 0 saturated heterocycles. The van der Waals surface area contributed by atoms with Gasteiger partial charge in [-0.05, 0) is 34.1 Å². The zero-order chi connectivity index (χ0) is 11.4. The van der Waals surface area contributed by atoms with Crippen molar-refractivity contribution in [3.05, 3.63) is 34.8 Å². The fourth-order valence-electron chi connectivity index (χ4n) is 1.18. The van der Waals surface area contributed by atoms with Gasteiger partial charge in [0.15, 0.2) is 17.3 Å². The number of allylic oxidation sites excluding steroid dienone is 1. The Balaban J connectivity index is 3.31. The Labute approximate surface area is 96.8 Å². The molecule has 0 spiro atoms. The van der Waals surface area contributed by atoms with Crippen LogP contribution in [0.5, 0.6) is 11.5 Å². The lowest BCUT2D eigenvalue weighted by Crippen LogP contribution is -1.98. The highest BCUT2D eigenvalue weighted by Gasteiger charge is 2.12. The Kier molecular flexibility index (Phi) is 3.91. The molecular weight excluding hydrogens is 260 g/mol. The number of carbonyl (C=O) groups excluding carboxylic acids is 1. The molecular formula is C11H11BrO3. The van der Waals surface area contributed by atoms with Crippen LogP contribution in [0.1, 0.15) is 10.4 Å². The van der Waals surface area contributed by atoms with Gasteiger partial charge in [0.2, 0.25) is 0 Å². The molecule has 0 saturated carbocycles. The predicted molar refractivity (Wildman–Crippen MR) is 61.8 cm³/mol. The van der Waals surface area contributed by atoms with Crippen molar-refractivity contribution in [2.45, 2.75) is 0 Å². The molecule has 1 rings (SSSR count). The summed E-state index contributed by atoms with van der Waals surface area (Å²) < 4.78 is 10.9. The van der Waals surface area contributed by atoms with Crippen molar-refractivity contribution >= 4 is 21.7 Å². The largest absolute Gasteiger partial charge is 0.493 e. The normalized spacial score (nSPS) is 9.53. The number of hydrogen-bond acceptors (Lipinski definition) is 3. The summed E-state index contributed by atoms with van der Waals surface area (Å²) in [4.78, 5) is 11.4. The van der Waals surface area contributed by atoms with E-state index in [1.165, 1.54) is 20.3 Å². The van der Waals surface area contributed by atoms with Crippen molar-refractivity contribution in [1.29, 1.82) is 0 Å². The maximum Gasteiger partial charge on any atom is 0.185 e. The Bertz CT molecular complexity index is 399. The molecule has 0 aliphatic rings. The van der Waals surface area contributed by atoms with Crippen LogP contribution in [0.3, 0.4) is 0 Å². The summed E-state index contributed by atoms with van der Waals surface area (Å²) in [6.07, 6.45) is 1.26. The summed E-state index contributed by atoms with van der Waals surface area (Å²) in [5.74, 6) is 0.923. The third-order valence-electron chi connectivity index (χ3n) is 1.90. The van der Waals surface area contributed by atoms with E-state index in [2.05, 4.69) is 22.5 Å². The topological polar surface area (TPSA) is 35.5 Å². The molecule has 1 aromatic carbocycles. The maximum atomic E-state index is 11.4. The Morgan fingerprint density at radius 2 is 2.07 bits per heavy atom. The molecule has 80 valence electrons. The van der Waals surface area contributed by atoms with E-state index in [9.17, 15) is 4.79 Å². The molecule has 0 unspecified atom stereocenters. The fraction of sp³-hybridized carbons (Fsp3) is 0.182. The smallest absolute Gasteiger partial charge is 0.185 e. The predicted octanol–water partition coefficient (Wildman–Crippen LogP) is 2.84. The Hall–Kier alpha value is -1.29. The minimum absolute atomic E-state index is 0.156. The number of rotatable bonds is 4. The van der Waals surface area contributed by atoms with Gasteiger partial charge in [-0.15, -0.1) is 0 Å². The molecule has 0 fully saturated rings. The summed E-state index contributed by atoms with van der Waals surface area (Å²) in [7, 11) is 3.06. The number of methoxy groups -OCH3 is 2. The number of carbonyl (C=O) groups is 1.